The summed E-state index contributed by atoms with van der Waals surface area (Å²) in [6.45, 7) is 14.3. The summed E-state index contributed by atoms with van der Waals surface area (Å²) in [5, 5.41) is 8.22. The fourth-order valence-corrected chi connectivity index (χ4v) is 2.79. The first kappa shape index (κ1) is 16.6. The van der Waals surface area contributed by atoms with E-state index >= 15 is 0 Å². The molecule has 1 aromatic heterocycles. The number of hydrogen-bond donors (Lipinski definition) is 1. The van der Waals surface area contributed by atoms with Crippen molar-refractivity contribution in [2.75, 3.05) is 12.3 Å². The highest BCUT2D eigenvalue weighted by Crippen LogP contribution is 2.24. The van der Waals surface area contributed by atoms with Crippen molar-refractivity contribution < 1.29 is 0 Å². The Bertz CT molecular complexity index is 366. The Balaban J connectivity index is 2.56. The van der Waals surface area contributed by atoms with E-state index in [-0.39, 0.29) is 0 Å². The van der Waals surface area contributed by atoms with E-state index in [1.165, 1.54) is 5.69 Å². The summed E-state index contributed by atoms with van der Waals surface area (Å²) in [6, 6.07) is 3.09. The van der Waals surface area contributed by atoms with Gasteiger partial charge >= 0.3 is 0 Å². The third-order valence-electron chi connectivity index (χ3n) is 2.86. The second-order valence-corrected chi connectivity index (χ2v) is 8.11. The SMILES string of the molecule is CCNC(CSC(C)(C)C)Cc1ccn(C(C)C)n1. The minimum Gasteiger partial charge on any atom is -0.313 e. The average Bonchev–Trinajstić information content (AvgIpc) is 2.74. The minimum absolute atomic E-state index is 0.324. The van der Waals surface area contributed by atoms with E-state index in [1.807, 2.05) is 16.4 Å². The second kappa shape index (κ2) is 7.34. The molecule has 110 valence electrons. The summed E-state index contributed by atoms with van der Waals surface area (Å²) < 4.78 is 2.36. The molecule has 0 spiro atoms. The molecular formula is C15H29N3S. The van der Waals surface area contributed by atoms with Crippen LogP contribution in [0.1, 0.15) is 53.3 Å². The van der Waals surface area contributed by atoms with Crippen molar-refractivity contribution in [2.45, 2.75) is 64.8 Å². The van der Waals surface area contributed by atoms with E-state index in [9.17, 15) is 0 Å². The number of nitrogens with zero attached hydrogens (tertiary/aromatic N) is 2. The van der Waals surface area contributed by atoms with Crippen LogP contribution in [0.4, 0.5) is 0 Å². The van der Waals surface area contributed by atoms with Gasteiger partial charge in [0.15, 0.2) is 0 Å². The highest BCUT2D eigenvalue weighted by atomic mass is 32.2. The number of rotatable bonds is 7. The predicted molar refractivity (Wildman–Crippen MR) is 86.0 cm³/mol. The third kappa shape index (κ3) is 6.48. The molecule has 0 saturated heterocycles. The number of hydrogen-bond acceptors (Lipinski definition) is 3. The van der Waals surface area contributed by atoms with Crippen LogP contribution in [0.25, 0.3) is 0 Å². The van der Waals surface area contributed by atoms with Gasteiger partial charge in [-0.05, 0) is 26.5 Å². The zero-order valence-corrected chi connectivity index (χ0v) is 14.0. The molecule has 4 heteroatoms. The van der Waals surface area contributed by atoms with Gasteiger partial charge in [0, 0.05) is 35.2 Å². The molecule has 0 aromatic carbocycles. The van der Waals surface area contributed by atoms with Gasteiger partial charge in [0.05, 0.1) is 5.69 Å². The Morgan fingerprint density at radius 2 is 2.05 bits per heavy atom. The van der Waals surface area contributed by atoms with Crippen molar-refractivity contribution in [3.63, 3.8) is 0 Å². The van der Waals surface area contributed by atoms with E-state index in [4.69, 9.17) is 0 Å². The largest absolute Gasteiger partial charge is 0.313 e. The minimum atomic E-state index is 0.324. The highest BCUT2D eigenvalue weighted by molar-refractivity contribution is 8.00. The summed E-state index contributed by atoms with van der Waals surface area (Å²) in [5.41, 5.74) is 1.19. The van der Waals surface area contributed by atoms with Crippen LogP contribution < -0.4 is 5.32 Å². The van der Waals surface area contributed by atoms with Crippen LogP contribution in [0.2, 0.25) is 0 Å². The second-order valence-electron chi connectivity index (χ2n) is 6.26. The van der Waals surface area contributed by atoms with Gasteiger partial charge in [-0.15, -0.1) is 0 Å². The van der Waals surface area contributed by atoms with Gasteiger partial charge in [0.2, 0.25) is 0 Å². The Morgan fingerprint density at radius 1 is 1.37 bits per heavy atom. The summed E-state index contributed by atoms with van der Waals surface area (Å²) in [6.07, 6.45) is 3.09. The standard InChI is InChI=1S/C15H29N3S/c1-7-16-14(11-19-15(4,5)6)10-13-8-9-18(17-13)12(2)3/h8-9,12,14,16H,7,10-11H2,1-6H3. The molecule has 0 saturated carbocycles. The Morgan fingerprint density at radius 3 is 2.53 bits per heavy atom. The lowest BCUT2D eigenvalue weighted by Gasteiger charge is -2.23. The zero-order chi connectivity index (χ0) is 14.5. The highest BCUT2D eigenvalue weighted by Gasteiger charge is 2.16. The molecule has 1 aromatic rings. The lowest BCUT2D eigenvalue weighted by atomic mass is 10.2. The van der Waals surface area contributed by atoms with Crippen LogP contribution >= 0.6 is 11.8 Å². The van der Waals surface area contributed by atoms with Crippen LogP contribution in [0, 0.1) is 0 Å². The van der Waals surface area contributed by atoms with Crippen molar-refractivity contribution in [3.05, 3.63) is 18.0 Å². The molecule has 1 heterocycles. The Hall–Kier alpha value is -0.480. The van der Waals surface area contributed by atoms with E-state index in [1.54, 1.807) is 0 Å². The zero-order valence-electron chi connectivity index (χ0n) is 13.2. The first-order valence-electron chi connectivity index (χ1n) is 7.23. The van der Waals surface area contributed by atoms with Crippen LogP contribution in [0.3, 0.4) is 0 Å². The van der Waals surface area contributed by atoms with Crippen molar-refractivity contribution in [3.8, 4) is 0 Å². The van der Waals surface area contributed by atoms with E-state index in [2.05, 4.69) is 64.2 Å². The quantitative estimate of drug-likeness (QED) is 0.830. The first-order valence-corrected chi connectivity index (χ1v) is 8.21. The van der Waals surface area contributed by atoms with Crippen molar-refractivity contribution in [1.82, 2.24) is 15.1 Å². The molecule has 1 rings (SSSR count). The lowest BCUT2D eigenvalue weighted by Crippen LogP contribution is -2.34. The molecule has 0 bridgehead atoms. The maximum Gasteiger partial charge on any atom is 0.0640 e. The fraction of sp³-hybridized carbons (Fsp3) is 0.800. The summed E-state index contributed by atoms with van der Waals surface area (Å²) >= 11 is 2.02. The Kier molecular flexibility index (Phi) is 6.40. The van der Waals surface area contributed by atoms with Gasteiger partial charge in [0.1, 0.15) is 0 Å². The number of thioether (sulfide) groups is 1. The maximum atomic E-state index is 4.64. The van der Waals surface area contributed by atoms with Crippen LogP contribution in [0.15, 0.2) is 12.3 Å². The molecule has 0 fully saturated rings. The predicted octanol–water partition coefficient (Wildman–Crippen LogP) is 3.52. The topological polar surface area (TPSA) is 29.9 Å². The van der Waals surface area contributed by atoms with Crippen LogP contribution in [-0.2, 0) is 6.42 Å². The maximum absolute atomic E-state index is 4.64. The molecule has 1 N–H and O–H groups in total. The summed E-state index contributed by atoms with van der Waals surface area (Å²) in [5.74, 6) is 1.13. The van der Waals surface area contributed by atoms with E-state index in [0.29, 0.717) is 16.8 Å². The molecule has 3 nitrogen and oxygen atoms in total. The van der Waals surface area contributed by atoms with Gasteiger partial charge in [-0.25, -0.2) is 0 Å². The third-order valence-corrected chi connectivity index (χ3v) is 4.29. The fourth-order valence-electron chi connectivity index (χ4n) is 1.86. The van der Waals surface area contributed by atoms with Crippen molar-refractivity contribution >= 4 is 11.8 Å². The van der Waals surface area contributed by atoms with E-state index < -0.39 is 0 Å². The normalized spacial score (nSPS) is 14.1. The average molecular weight is 283 g/mol. The summed E-state index contributed by atoms with van der Waals surface area (Å²) in [7, 11) is 0. The van der Waals surface area contributed by atoms with Gasteiger partial charge in [-0.2, -0.15) is 16.9 Å². The summed E-state index contributed by atoms with van der Waals surface area (Å²) in [4.78, 5) is 0. The van der Waals surface area contributed by atoms with Gasteiger partial charge < -0.3 is 5.32 Å². The molecule has 19 heavy (non-hydrogen) atoms. The van der Waals surface area contributed by atoms with Crippen LogP contribution in [-0.4, -0.2) is 32.9 Å². The molecule has 0 aliphatic rings. The molecule has 0 amide bonds. The van der Waals surface area contributed by atoms with Gasteiger partial charge in [-0.3, -0.25) is 4.68 Å². The van der Waals surface area contributed by atoms with E-state index in [0.717, 1.165) is 18.7 Å². The monoisotopic (exact) mass is 283 g/mol. The molecule has 0 aliphatic carbocycles. The van der Waals surface area contributed by atoms with Crippen molar-refractivity contribution in [1.29, 1.82) is 0 Å². The van der Waals surface area contributed by atoms with Gasteiger partial charge in [0.25, 0.3) is 0 Å². The first-order chi connectivity index (χ1) is 8.81. The van der Waals surface area contributed by atoms with Gasteiger partial charge in [-0.1, -0.05) is 27.7 Å². The molecular weight excluding hydrogens is 254 g/mol. The smallest absolute Gasteiger partial charge is 0.0640 e. The molecule has 0 aliphatic heterocycles. The Labute approximate surface area is 122 Å². The van der Waals surface area contributed by atoms with Crippen LogP contribution in [0.5, 0.6) is 0 Å². The molecule has 1 unspecified atom stereocenters. The molecule has 1 atom stereocenters. The van der Waals surface area contributed by atoms with Crippen molar-refractivity contribution in [2.24, 2.45) is 0 Å². The molecule has 0 radical (unpaired) electrons. The number of aromatic nitrogens is 2. The lowest BCUT2D eigenvalue weighted by molar-refractivity contribution is 0.513. The number of likely N-dealkylation sites (N-methyl/N-ethyl adjacent to an activating group) is 1. The number of nitrogens with one attached hydrogen (secondary N) is 1.